The van der Waals surface area contributed by atoms with Crippen LogP contribution in [0, 0.1) is 5.82 Å². The Morgan fingerprint density at radius 1 is 1.32 bits per heavy atom. The summed E-state index contributed by atoms with van der Waals surface area (Å²) in [4.78, 5) is 0. The molecule has 0 heterocycles. The van der Waals surface area contributed by atoms with Crippen LogP contribution in [-0.2, 0) is 10.8 Å². The van der Waals surface area contributed by atoms with E-state index in [9.17, 15) is 4.39 Å². The van der Waals surface area contributed by atoms with Crippen LogP contribution in [0.15, 0.2) is 24.8 Å². The molecular weight excluding hydrogens is 255 g/mol. The Balaban J connectivity index is 2.66. The molecule has 0 aliphatic rings. The van der Waals surface area contributed by atoms with E-state index in [1.165, 1.54) is 6.07 Å². The predicted molar refractivity (Wildman–Crippen MR) is 83.3 cm³/mol. The molecule has 0 atom stereocenters. The first-order chi connectivity index (χ1) is 8.67. The quantitative estimate of drug-likeness (QED) is 0.687. The van der Waals surface area contributed by atoms with Crippen LogP contribution < -0.4 is 0 Å². The summed E-state index contributed by atoms with van der Waals surface area (Å²) < 4.78 is 19.8. The first kappa shape index (κ1) is 16.1. The maximum absolute atomic E-state index is 13.7. The molecule has 0 spiro atoms. The molecule has 0 aromatic heterocycles. The van der Waals surface area contributed by atoms with E-state index in [0.717, 1.165) is 5.56 Å². The highest BCUT2D eigenvalue weighted by Crippen LogP contribution is 2.36. The lowest BCUT2D eigenvalue weighted by Crippen LogP contribution is -2.41. The molecule has 0 aliphatic heterocycles. The van der Waals surface area contributed by atoms with E-state index >= 15 is 0 Å². The summed E-state index contributed by atoms with van der Waals surface area (Å²) in [5, 5.41) is 0.189. The van der Waals surface area contributed by atoms with Crippen molar-refractivity contribution < 1.29 is 8.82 Å². The molecule has 0 N–H and O–H groups in total. The molecule has 0 amide bonds. The molecule has 19 heavy (non-hydrogen) atoms. The number of hydrogen-bond acceptors (Lipinski definition) is 1. The summed E-state index contributed by atoms with van der Waals surface area (Å²) in [6.45, 7) is 15.3. The van der Waals surface area contributed by atoms with Crippen molar-refractivity contribution in [3.05, 3.63) is 41.7 Å². The maximum atomic E-state index is 13.7. The van der Waals surface area contributed by atoms with Gasteiger partial charge in [0.15, 0.2) is 8.32 Å². The topological polar surface area (TPSA) is 9.23 Å². The lowest BCUT2D eigenvalue weighted by Gasteiger charge is -2.36. The minimum atomic E-state index is -1.74. The Kier molecular flexibility index (Phi) is 5.10. The minimum Gasteiger partial charge on any atom is -0.416 e. The first-order valence-corrected chi connectivity index (χ1v) is 9.63. The highest BCUT2D eigenvalue weighted by atomic mass is 28.4. The number of benzene rings is 1. The fraction of sp³-hybridized carbons (Fsp3) is 0.500. The van der Waals surface area contributed by atoms with Gasteiger partial charge in [-0.05, 0) is 47.8 Å². The molecule has 1 rings (SSSR count). The van der Waals surface area contributed by atoms with Gasteiger partial charge in [0.05, 0.1) is 0 Å². The zero-order valence-electron chi connectivity index (χ0n) is 12.7. The molecule has 0 bridgehead atoms. The van der Waals surface area contributed by atoms with Gasteiger partial charge < -0.3 is 4.43 Å². The zero-order valence-corrected chi connectivity index (χ0v) is 13.7. The van der Waals surface area contributed by atoms with E-state index in [-0.39, 0.29) is 10.9 Å². The van der Waals surface area contributed by atoms with Crippen molar-refractivity contribution in [1.82, 2.24) is 0 Å². The third-order valence-electron chi connectivity index (χ3n) is 3.95. The summed E-state index contributed by atoms with van der Waals surface area (Å²) in [6.07, 6.45) is 2.34. The third-order valence-corrected chi connectivity index (χ3v) is 8.48. The third kappa shape index (κ3) is 4.29. The Bertz CT molecular complexity index is 447. The fourth-order valence-corrected chi connectivity index (χ4v) is 2.59. The minimum absolute atomic E-state index is 0.163. The Hall–Kier alpha value is -0.933. The molecule has 0 aliphatic carbocycles. The van der Waals surface area contributed by atoms with Crippen molar-refractivity contribution in [3.63, 3.8) is 0 Å². The molecule has 0 fully saturated rings. The fourth-order valence-electron chi connectivity index (χ4n) is 1.55. The Morgan fingerprint density at radius 3 is 2.47 bits per heavy atom. The second kappa shape index (κ2) is 6.01. The van der Waals surface area contributed by atoms with E-state index in [2.05, 4.69) is 40.4 Å². The van der Waals surface area contributed by atoms with Gasteiger partial charge in [-0.2, -0.15) is 0 Å². The molecule has 0 radical (unpaired) electrons. The van der Waals surface area contributed by atoms with Gasteiger partial charge in [0.2, 0.25) is 0 Å². The molecule has 106 valence electrons. The van der Waals surface area contributed by atoms with Crippen molar-refractivity contribution >= 4 is 14.4 Å². The largest absolute Gasteiger partial charge is 0.416 e. The SMILES string of the molecule is C=Cc1ccc(F)c(CCO[Si](C)(C)C(C)(C)C)c1. The van der Waals surface area contributed by atoms with Crippen molar-refractivity contribution in [2.75, 3.05) is 6.61 Å². The second-order valence-electron chi connectivity index (χ2n) is 6.41. The van der Waals surface area contributed by atoms with Crippen LogP contribution in [-0.4, -0.2) is 14.9 Å². The van der Waals surface area contributed by atoms with Crippen LogP contribution >= 0.6 is 0 Å². The van der Waals surface area contributed by atoms with Gasteiger partial charge in [-0.25, -0.2) is 4.39 Å². The monoisotopic (exact) mass is 280 g/mol. The standard InChI is InChI=1S/C16H25FOSi/c1-7-13-8-9-15(17)14(12-13)10-11-18-19(5,6)16(2,3)4/h7-9,12H,1,10-11H2,2-6H3. The van der Waals surface area contributed by atoms with Crippen LogP contribution in [0.3, 0.4) is 0 Å². The first-order valence-electron chi connectivity index (χ1n) is 6.72. The normalized spacial score (nSPS) is 12.5. The van der Waals surface area contributed by atoms with E-state index < -0.39 is 8.32 Å². The maximum Gasteiger partial charge on any atom is 0.191 e. The van der Waals surface area contributed by atoms with Crippen LogP contribution in [0.2, 0.25) is 18.1 Å². The molecule has 1 aromatic carbocycles. The summed E-state index contributed by atoms with van der Waals surface area (Å²) in [7, 11) is -1.74. The van der Waals surface area contributed by atoms with E-state index in [0.29, 0.717) is 18.6 Å². The molecule has 1 aromatic rings. The van der Waals surface area contributed by atoms with Gasteiger partial charge >= 0.3 is 0 Å². The lowest BCUT2D eigenvalue weighted by molar-refractivity contribution is 0.290. The number of halogens is 1. The van der Waals surface area contributed by atoms with Crippen molar-refractivity contribution in [2.24, 2.45) is 0 Å². The molecule has 0 saturated carbocycles. The highest BCUT2D eigenvalue weighted by Gasteiger charge is 2.36. The van der Waals surface area contributed by atoms with Crippen molar-refractivity contribution in [1.29, 1.82) is 0 Å². The summed E-state index contributed by atoms with van der Waals surface area (Å²) in [5.41, 5.74) is 1.65. The van der Waals surface area contributed by atoms with Gasteiger partial charge in [0.25, 0.3) is 0 Å². The smallest absolute Gasteiger partial charge is 0.191 e. The summed E-state index contributed by atoms with van der Waals surface area (Å²) in [5.74, 6) is -0.163. The van der Waals surface area contributed by atoms with Crippen LogP contribution in [0.1, 0.15) is 31.9 Å². The lowest BCUT2D eigenvalue weighted by atomic mass is 10.1. The van der Waals surface area contributed by atoms with Crippen molar-refractivity contribution in [3.8, 4) is 0 Å². The molecule has 0 saturated heterocycles. The van der Waals surface area contributed by atoms with E-state index in [1.54, 1.807) is 12.1 Å². The van der Waals surface area contributed by atoms with E-state index in [4.69, 9.17) is 4.43 Å². The zero-order chi connectivity index (χ0) is 14.7. The summed E-state index contributed by atoms with van der Waals surface area (Å²) >= 11 is 0. The number of hydrogen-bond donors (Lipinski definition) is 0. The Labute approximate surface area is 117 Å². The van der Waals surface area contributed by atoms with Gasteiger partial charge in [0.1, 0.15) is 5.82 Å². The number of rotatable bonds is 5. The Morgan fingerprint density at radius 2 is 1.95 bits per heavy atom. The second-order valence-corrected chi connectivity index (χ2v) is 11.2. The van der Waals surface area contributed by atoms with Gasteiger partial charge in [-0.1, -0.05) is 39.5 Å². The summed E-state index contributed by atoms with van der Waals surface area (Å²) in [6, 6.07) is 5.08. The molecule has 0 unspecified atom stereocenters. The average molecular weight is 280 g/mol. The van der Waals surface area contributed by atoms with Gasteiger partial charge in [-0.3, -0.25) is 0 Å². The van der Waals surface area contributed by atoms with Crippen molar-refractivity contribution in [2.45, 2.75) is 45.3 Å². The van der Waals surface area contributed by atoms with Gasteiger partial charge in [-0.15, -0.1) is 0 Å². The highest BCUT2D eigenvalue weighted by molar-refractivity contribution is 6.74. The van der Waals surface area contributed by atoms with Crippen LogP contribution in [0.5, 0.6) is 0 Å². The average Bonchev–Trinajstić information content (AvgIpc) is 2.30. The van der Waals surface area contributed by atoms with E-state index in [1.807, 2.05) is 6.07 Å². The predicted octanol–water partition coefficient (Wildman–Crippen LogP) is 5.03. The molecule has 3 heteroatoms. The van der Waals surface area contributed by atoms with Crippen LogP contribution in [0.4, 0.5) is 4.39 Å². The van der Waals surface area contributed by atoms with Gasteiger partial charge in [0, 0.05) is 6.61 Å². The molecular formula is C16H25FOSi. The molecule has 1 nitrogen and oxygen atoms in total. The van der Waals surface area contributed by atoms with Crippen LogP contribution in [0.25, 0.3) is 6.08 Å².